The van der Waals surface area contributed by atoms with Gasteiger partial charge in [-0.1, -0.05) is 5.57 Å². The van der Waals surface area contributed by atoms with E-state index in [1.807, 2.05) is 6.20 Å². The van der Waals surface area contributed by atoms with Gasteiger partial charge in [0.25, 0.3) is 0 Å². The van der Waals surface area contributed by atoms with Gasteiger partial charge >= 0.3 is 5.97 Å². The Balaban J connectivity index is 2.31. The van der Waals surface area contributed by atoms with Crippen LogP contribution < -0.4 is 11.1 Å². The number of hydrogen-bond donors (Lipinski definition) is 2. The lowest BCUT2D eigenvalue weighted by molar-refractivity contribution is -0.134. The molecule has 5 heteroatoms. The quantitative estimate of drug-likeness (QED) is 0.645. The summed E-state index contributed by atoms with van der Waals surface area (Å²) in [5.74, 6) is -0.298. The molecule has 0 saturated carbocycles. The van der Waals surface area contributed by atoms with Crippen LogP contribution in [0.1, 0.15) is 12.8 Å². The lowest BCUT2D eigenvalue weighted by Crippen LogP contribution is -2.31. The summed E-state index contributed by atoms with van der Waals surface area (Å²) in [5, 5.41) is 3.08. The maximum atomic E-state index is 11.1. The first-order valence-corrected chi connectivity index (χ1v) is 5.69. The molecule has 1 heterocycles. The molecule has 2 unspecified atom stereocenters. The fourth-order valence-corrected chi connectivity index (χ4v) is 1.58. The number of nitrogens with two attached hydrogens (primary N) is 1. The Labute approximate surface area is 79.8 Å². The van der Waals surface area contributed by atoms with Crippen LogP contribution in [0.4, 0.5) is 0 Å². The van der Waals surface area contributed by atoms with E-state index in [9.17, 15) is 4.79 Å². The van der Waals surface area contributed by atoms with Crippen molar-refractivity contribution in [2.45, 2.75) is 18.9 Å². The molecule has 13 heavy (non-hydrogen) atoms. The number of carbonyl (C=O) groups excluding carboxylic acids is 1. The summed E-state index contributed by atoms with van der Waals surface area (Å²) in [6.45, 7) is 2.76. The van der Waals surface area contributed by atoms with Crippen molar-refractivity contribution in [1.29, 1.82) is 0 Å². The third-order valence-electron chi connectivity index (χ3n) is 1.88. The van der Waals surface area contributed by atoms with Crippen molar-refractivity contribution in [3.63, 3.8) is 0 Å². The minimum Gasteiger partial charge on any atom is -0.447 e. The Bertz CT molecular complexity index is 218. The number of rotatable bonds is 4. The van der Waals surface area contributed by atoms with E-state index in [2.05, 4.69) is 5.32 Å². The van der Waals surface area contributed by atoms with E-state index in [-0.39, 0.29) is 14.8 Å². The van der Waals surface area contributed by atoms with Gasteiger partial charge in [0, 0.05) is 6.54 Å². The smallest absolute Gasteiger partial charge is 0.325 e. The molecule has 0 aromatic carbocycles. The second-order valence-corrected chi connectivity index (χ2v) is 3.55. The van der Waals surface area contributed by atoms with Crippen LogP contribution in [-0.4, -0.2) is 25.2 Å². The zero-order chi connectivity index (χ0) is 9.68. The Hall–Kier alpha value is -0.600. The van der Waals surface area contributed by atoms with Crippen molar-refractivity contribution in [3.8, 4) is 0 Å². The minimum absolute atomic E-state index is 0.180. The van der Waals surface area contributed by atoms with Gasteiger partial charge in [-0.05, 0) is 25.7 Å². The topological polar surface area (TPSA) is 64.3 Å². The fourth-order valence-electron chi connectivity index (χ4n) is 1.22. The summed E-state index contributed by atoms with van der Waals surface area (Å²) in [4.78, 5) is 11.1. The molecule has 0 aromatic heterocycles. The molecule has 4 nitrogen and oxygen atoms in total. The van der Waals surface area contributed by atoms with Crippen molar-refractivity contribution in [1.82, 2.24) is 5.32 Å². The second kappa shape index (κ2) is 5.20. The summed E-state index contributed by atoms with van der Waals surface area (Å²) in [6.07, 6.45) is 3.52. The molecule has 0 aliphatic carbocycles. The van der Waals surface area contributed by atoms with Crippen LogP contribution in [0.15, 0.2) is 11.8 Å². The van der Waals surface area contributed by atoms with Gasteiger partial charge in [0.1, 0.15) is 6.04 Å². The molecule has 0 amide bonds. The Morgan fingerprint density at radius 1 is 1.92 bits per heavy atom. The van der Waals surface area contributed by atoms with E-state index in [4.69, 9.17) is 10.3 Å². The van der Waals surface area contributed by atoms with Crippen LogP contribution in [-0.2, 0) is 9.32 Å². The van der Waals surface area contributed by atoms with E-state index < -0.39 is 6.04 Å². The minimum atomic E-state index is -0.501. The number of hydrogen-bond acceptors (Lipinski definition) is 4. The van der Waals surface area contributed by atoms with Gasteiger partial charge < -0.3 is 15.6 Å². The highest BCUT2D eigenvalue weighted by atomic mass is 31.1. The first-order valence-electron chi connectivity index (χ1n) is 4.28. The molecule has 0 bridgehead atoms. The van der Waals surface area contributed by atoms with Crippen molar-refractivity contribution in [2.24, 2.45) is 5.73 Å². The maximum Gasteiger partial charge on any atom is 0.325 e. The SMILES string of the molecule is CPOC(=O)C(N)CC1=CNCC1. The van der Waals surface area contributed by atoms with Crippen molar-refractivity contribution in [2.75, 3.05) is 13.2 Å². The summed E-state index contributed by atoms with van der Waals surface area (Å²) >= 11 is 0. The third kappa shape index (κ3) is 3.33. The monoisotopic (exact) mass is 202 g/mol. The lowest BCUT2D eigenvalue weighted by Gasteiger charge is -2.09. The highest BCUT2D eigenvalue weighted by Gasteiger charge is 2.17. The highest BCUT2D eigenvalue weighted by molar-refractivity contribution is 7.31. The van der Waals surface area contributed by atoms with E-state index >= 15 is 0 Å². The van der Waals surface area contributed by atoms with Crippen LogP contribution in [0.25, 0.3) is 0 Å². The van der Waals surface area contributed by atoms with Gasteiger partial charge in [-0.3, -0.25) is 4.79 Å². The van der Waals surface area contributed by atoms with E-state index in [1.165, 1.54) is 5.57 Å². The molecule has 3 N–H and O–H groups in total. The van der Waals surface area contributed by atoms with Crippen LogP contribution >= 0.6 is 8.81 Å². The summed E-state index contributed by atoms with van der Waals surface area (Å²) < 4.78 is 4.83. The molecule has 0 saturated heterocycles. The van der Waals surface area contributed by atoms with Crippen LogP contribution in [0.5, 0.6) is 0 Å². The van der Waals surface area contributed by atoms with Crippen molar-refractivity contribution in [3.05, 3.63) is 11.8 Å². The molecule has 1 aliphatic heterocycles. The standard InChI is InChI=1S/C8H15N2O2P/c1-13-12-8(11)7(9)4-6-2-3-10-5-6/h5,7,10,13H,2-4,9H2,1H3. The molecular formula is C8H15N2O2P. The highest BCUT2D eigenvalue weighted by Crippen LogP contribution is 2.14. The zero-order valence-corrected chi connectivity index (χ0v) is 8.67. The average molecular weight is 202 g/mol. The molecule has 0 aromatic rings. The Morgan fingerprint density at radius 3 is 3.23 bits per heavy atom. The van der Waals surface area contributed by atoms with Crippen LogP contribution in [0.2, 0.25) is 0 Å². The molecule has 2 atom stereocenters. The normalized spacial score (nSPS) is 18.5. The average Bonchev–Trinajstić information content (AvgIpc) is 2.57. The molecular weight excluding hydrogens is 187 g/mol. The van der Waals surface area contributed by atoms with Crippen molar-refractivity contribution >= 4 is 14.8 Å². The lowest BCUT2D eigenvalue weighted by atomic mass is 10.1. The first kappa shape index (κ1) is 10.5. The van der Waals surface area contributed by atoms with Gasteiger partial charge in [0.15, 0.2) is 0 Å². The summed E-state index contributed by atoms with van der Waals surface area (Å²) in [6, 6.07) is -0.501. The molecule has 0 fully saturated rings. The molecule has 1 rings (SSSR count). The largest absolute Gasteiger partial charge is 0.447 e. The van der Waals surface area contributed by atoms with E-state index in [0.717, 1.165) is 13.0 Å². The molecule has 0 radical (unpaired) electrons. The molecule has 74 valence electrons. The van der Waals surface area contributed by atoms with E-state index in [1.54, 1.807) is 6.66 Å². The summed E-state index contributed by atoms with van der Waals surface area (Å²) in [7, 11) is 0.180. The van der Waals surface area contributed by atoms with Gasteiger partial charge in [-0.15, -0.1) is 0 Å². The van der Waals surface area contributed by atoms with Gasteiger partial charge in [-0.25, -0.2) is 0 Å². The van der Waals surface area contributed by atoms with Gasteiger partial charge in [-0.2, -0.15) is 0 Å². The molecule has 1 aliphatic rings. The second-order valence-electron chi connectivity index (χ2n) is 2.94. The predicted molar refractivity (Wildman–Crippen MR) is 53.6 cm³/mol. The zero-order valence-electron chi connectivity index (χ0n) is 7.67. The fraction of sp³-hybridized carbons (Fsp3) is 0.625. The van der Waals surface area contributed by atoms with Crippen LogP contribution in [0.3, 0.4) is 0 Å². The van der Waals surface area contributed by atoms with E-state index in [0.29, 0.717) is 6.42 Å². The van der Waals surface area contributed by atoms with Gasteiger partial charge in [0.05, 0.1) is 8.81 Å². The number of carbonyl (C=O) groups is 1. The molecule has 0 spiro atoms. The Morgan fingerprint density at radius 2 is 2.69 bits per heavy atom. The predicted octanol–water partition coefficient (Wildman–Crippen LogP) is 0.347. The maximum absolute atomic E-state index is 11.1. The number of nitrogens with one attached hydrogen (secondary N) is 1. The Kier molecular flexibility index (Phi) is 4.19. The third-order valence-corrected chi connectivity index (χ3v) is 2.29. The first-order chi connectivity index (χ1) is 6.24. The van der Waals surface area contributed by atoms with Gasteiger partial charge in [0.2, 0.25) is 0 Å². The van der Waals surface area contributed by atoms with Crippen LogP contribution in [0, 0.1) is 0 Å². The van der Waals surface area contributed by atoms with Crippen molar-refractivity contribution < 1.29 is 9.32 Å². The summed E-state index contributed by atoms with van der Waals surface area (Å²) in [5.41, 5.74) is 6.84.